The maximum Gasteiger partial charge on any atom is 0.233 e. The Morgan fingerprint density at radius 3 is 2.43 bits per heavy atom. The number of rotatable bonds is 9. The molecule has 0 radical (unpaired) electrons. The van der Waals surface area contributed by atoms with Gasteiger partial charge in [0.15, 0.2) is 20.8 Å². The van der Waals surface area contributed by atoms with E-state index in [-0.39, 0.29) is 29.2 Å². The molecular weight excluding hydrogens is 482 g/mol. The number of nitrogens with zero attached hydrogens (tertiary/aromatic N) is 5. The fourth-order valence-electron chi connectivity index (χ4n) is 4.62. The predicted octanol–water partition coefficient (Wildman–Crippen LogP) is 3.58. The normalized spacial score (nSPS) is 16.9. The van der Waals surface area contributed by atoms with Crippen molar-refractivity contribution in [2.45, 2.75) is 51.2 Å². The molecule has 10 heteroatoms. The third-order valence-corrected chi connectivity index (χ3v) is 9.04. The molecule has 4 rings (SSSR count). The number of sulfone groups is 1. The van der Waals surface area contributed by atoms with Crippen molar-refractivity contribution in [1.82, 2.24) is 24.6 Å². The first-order chi connectivity index (χ1) is 16.9. The van der Waals surface area contributed by atoms with Gasteiger partial charge >= 0.3 is 0 Å². The summed E-state index contributed by atoms with van der Waals surface area (Å²) in [7, 11) is -3.07. The Hall–Kier alpha value is -2.72. The van der Waals surface area contributed by atoms with Crippen LogP contribution in [0.3, 0.4) is 0 Å². The molecule has 0 spiro atoms. The molecule has 1 fully saturated rings. The molecule has 0 bridgehead atoms. The molecule has 2 aromatic heterocycles. The molecule has 3 heterocycles. The van der Waals surface area contributed by atoms with E-state index < -0.39 is 9.84 Å². The van der Waals surface area contributed by atoms with Crippen molar-refractivity contribution in [2.75, 3.05) is 23.8 Å². The van der Waals surface area contributed by atoms with Crippen LogP contribution in [0.25, 0.3) is 17.1 Å². The molecule has 0 saturated carbocycles. The van der Waals surface area contributed by atoms with Crippen molar-refractivity contribution in [3.8, 4) is 17.1 Å². The predicted molar refractivity (Wildman–Crippen MR) is 139 cm³/mol. The van der Waals surface area contributed by atoms with Gasteiger partial charge in [-0.05, 0) is 49.4 Å². The zero-order chi connectivity index (χ0) is 25.0. The number of aromatic nitrogens is 4. The molecule has 186 valence electrons. The Kier molecular flexibility index (Phi) is 7.91. The molecule has 1 atom stereocenters. The van der Waals surface area contributed by atoms with Crippen molar-refractivity contribution in [1.29, 1.82) is 0 Å². The van der Waals surface area contributed by atoms with Crippen LogP contribution in [-0.2, 0) is 27.5 Å². The number of benzene rings is 1. The molecule has 8 nitrogen and oxygen atoms in total. The second-order valence-electron chi connectivity index (χ2n) is 8.54. The summed E-state index contributed by atoms with van der Waals surface area (Å²) < 4.78 is 26.0. The second-order valence-corrected chi connectivity index (χ2v) is 11.7. The van der Waals surface area contributed by atoms with E-state index in [2.05, 4.69) is 47.2 Å². The van der Waals surface area contributed by atoms with Crippen LogP contribution >= 0.6 is 11.8 Å². The largest absolute Gasteiger partial charge is 0.338 e. The van der Waals surface area contributed by atoms with Gasteiger partial charge in [-0.15, -0.1) is 10.2 Å². The lowest BCUT2D eigenvalue weighted by atomic mass is 10.0. The lowest BCUT2D eigenvalue weighted by Gasteiger charge is -2.26. The van der Waals surface area contributed by atoms with Gasteiger partial charge in [-0.1, -0.05) is 43.8 Å². The molecule has 0 aliphatic carbocycles. The lowest BCUT2D eigenvalue weighted by Crippen LogP contribution is -2.42. The minimum atomic E-state index is -3.07. The molecule has 1 aliphatic rings. The molecule has 0 N–H and O–H groups in total. The van der Waals surface area contributed by atoms with E-state index in [0.717, 1.165) is 24.1 Å². The Balaban J connectivity index is 1.69. The number of hydrogen-bond acceptors (Lipinski definition) is 7. The highest BCUT2D eigenvalue weighted by Gasteiger charge is 2.34. The molecule has 1 aromatic carbocycles. The zero-order valence-electron chi connectivity index (χ0n) is 20.3. The molecule has 1 aliphatic heterocycles. The van der Waals surface area contributed by atoms with E-state index in [9.17, 15) is 13.2 Å². The third-order valence-electron chi connectivity index (χ3n) is 6.38. The topological polar surface area (TPSA) is 98.1 Å². The number of para-hydroxylation sites is 1. The summed E-state index contributed by atoms with van der Waals surface area (Å²) in [4.78, 5) is 19.1. The van der Waals surface area contributed by atoms with Gasteiger partial charge in [0.2, 0.25) is 5.91 Å². The highest BCUT2D eigenvalue weighted by Crippen LogP contribution is 2.32. The maximum atomic E-state index is 13.2. The van der Waals surface area contributed by atoms with E-state index in [1.807, 2.05) is 23.6 Å². The summed E-state index contributed by atoms with van der Waals surface area (Å²) in [5.74, 6) is 0.938. The lowest BCUT2D eigenvalue weighted by molar-refractivity contribution is -0.129. The van der Waals surface area contributed by atoms with Crippen molar-refractivity contribution in [3.05, 3.63) is 53.9 Å². The summed E-state index contributed by atoms with van der Waals surface area (Å²) >= 11 is 1.33. The minimum absolute atomic E-state index is 0.0440. The number of hydrogen-bond donors (Lipinski definition) is 0. The Morgan fingerprint density at radius 1 is 1.11 bits per heavy atom. The monoisotopic (exact) mass is 513 g/mol. The molecule has 0 unspecified atom stereocenters. The second kappa shape index (κ2) is 10.9. The molecule has 3 aromatic rings. The van der Waals surface area contributed by atoms with Crippen molar-refractivity contribution < 1.29 is 13.2 Å². The fraction of sp³-hybridized carbons (Fsp3) is 0.440. The van der Waals surface area contributed by atoms with Gasteiger partial charge in [0, 0.05) is 30.5 Å². The smallest absolute Gasteiger partial charge is 0.233 e. The number of pyridine rings is 1. The molecule has 1 amide bonds. The number of amides is 1. The third kappa shape index (κ3) is 5.43. The van der Waals surface area contributed by atoms with Crippen LogP contribution in [0.1, 0.15) is 38.3 Å². The number of carbonyl (C=O) groups is 1. The van der Waals surface area contributed by atoms with Crippen LogP contribution in [-0.4, -0.2) is 68.8 Å². The SMILES string of the molecule is CCc1cccc(CC)c1-n1c(SCC(=O)N(CC)[C@H]2CCS(=O)(=O)C2)nnc1-c1cccnc1. The van der Waals surface area contributed by atoms with Gasteiger partial charge < -0.3 is 4.90 Å². The Morgan fingerprint density at radius 2 is 1.86 bits per heavy atom. The van der Waals surface area contributed by atoms with Crippen LogP contribution < -0.4 is 0 Å². The molecular formula is C25H31N5O3S2. The summed E-state index contributed by atoms with van der Waals surface area (Å²) in [5, 5.41) is 9.61. The van der Waals surface area contributed by atoms with Crippen LogP contribution in [0.4, 0.5) is 0 Å². The highest BCUT2D eigenvalue weighted by atomic mass is 32.2. The first kappa shape index (κ1) is 25.4. The summed E-state index contributed by atoms with van der Waals surface area (Å²) in [6.45, 7) is 6.61. The summed E-state index contributed by atoms with van der Waals surface area (Å²) in [6.07, 6.45) is 5.67. The van der Waals surface area contributed by atoms with Crippen LogP contribution in [0.5, 0.6) is 0 Å². The van der Waals surface area contributed by atoms with Crippen molar-refractivity contribution in [3.63, 3.8) is 0 Å². The van der Waals surface area contributed by atoms with Gasteiger partial charge in [0.05, 0.1) is 22.9 Å². The van der Waals surface area contributed by atoms with Gasteiger partial charge in [-0.3, -0.25) is 14.3 Å². The summed E-state index contributed by atoms with van der Waals surface area (Å²) in [6, 6.07) is 9.86. The molecule has 35 heavy (non-hydrogen) atoms. The Bertz CT molecular complexity index is 1270. The first-order valence-electron chi connectivity index (χ1n) is 12.0. The van der Waals surface area contributed by atoms with Crippen LogP contribution in [0, 0.1) is 0 Å². The highest BCUT2D eigenvalue weighted by molar-refractivity contribution is 7.99. The van der Waals surface area contributed by atoms with E-state index >= 15 is 0 Å². The van der Waals surface area contributed by atoms with Gasteiger partial charge in [-0.25, -0.2) is 8.42 Å². The average Bonchev–Trinajstić information content (AvgIpc) is 3.45. The quantitative estimate of drug-likeness (QED) is 0.403. The standard InChI is InChI=1S/C25H31N5O3S2/c1-4-18-9-7-10-19(5-2)23(18)30-24(20-11-8-13-26-15-20)27-28-25(30)34-16-22(31)29(6-3)21-12-14-35(32,33)17-21/h7-11,13,15,21H,4-6,12,14,16-17H2,1-3H3/t21-/m0/s1. The van der Waals surface area contributed by atoms with E-state index in [1.165, 1.54) is 22.9 Å². The molecule has 1 saturated heterocycles. The fourth-order valence-corrected chi connectivity index (χ4v) is 7.17. The van der Waals surface area contributed by atoms with Gasteiger partial charge in [-0.2, -0.15) is 0 Å². The Labute approximate surface area is 211 Å². The van der Waals surface area contributed by atoms with E-state index in [0.29, 0.717) is 23.9 Å². The van der Waals surface area contributed by atoms with Gasteiger partial charge in [0.25, 0.3) is 0 Å². The van der Waals surface area contributed by atoms with E-state index in [4.69, 9.17) is 0 Å². The first-order valence-corrected chi connectivity index (χ1v) is 14.8. The number of thioether (sulfide) groups is 1. The number of carbonyl (C=O) groups excluding carboxylic acids is 1. The van der Waals surface area contributed by atoms with Crippen molar-refractivity contribution >= 4 is 27.5 Å². The zero-order valence-corrected chi connectivity index (χ0v) is 22.0. The average molecular weight is 514 g/mol. The minimum Gasteiger partial charge on any atom is -0.338 e. The number of aryl methyl sites for hydroxylation is 2. The maximum absolute atomic E-state index is 13.2. The van der Waals surface area contributed by atoms with Crippen LogP contribution in [0.15, 0.2) is 47.9 Å². The van der Waals surface area contributed by atoms with Gasteiger partial charge in [0.1, 0.15) is 0 Å². The van der Waals surface area contributed by atoms with E-state index in [1.54, 1.807) is 17.3 Å². The van der Waals surface area contributed by atoms with Crippen LogP contribution in [0.2, 0.25) is 0 Å². The summed E-state index contributed by atoms with van der Waals surface area (Å²) in [5.41, 5.74) is 4.24. The van der Waals surface area contributed by atoms with Crippen molar-refractivity contribution in [2.24, 2.45) is 0 Å².